The van der Waals surface area contributed by atoms with Crippen molar-refractivity contribution in [3.05, 3.63) is 87.4 Å². The van der Waals surface area contributed by atoms with Gasteiger partial charge < -0.3 is 4.74 Å². The van der Waals surface area contributed by atoms with E-state index < -0.39 is 27.9 Å². The van der Waals surface area contributed by atoms with Crippen molar-refractivity contribution in [2.24, 2.45) is 0 Å². The Morgan fingerprint density at radius 1 is 0.971 bits per heavy atom. The van der Waals surface area contributed by atoms with Crippen molar-refractivity contribution in [2.75, 3.05) is 12.0 Å². The molecule has 1 atom stereocenters. The molecule has 1 heterocycles. The van der Waals surface area contributed by atoms with Gasteiger partial charge in [-0.25, -0.2) is 13.3 Å². The average Bonchev–Trinajstić information content (AvgIpc) is 3.13. The molecule has 2 amide bonds. The van der Waals surface area contributed by atoms with Gasteiger partial charge in [-0.15, -0.1) is 0 Å². The fraction of sp³-hybridized carbons (Fsp3) is 0.167. The predicted octanol–water partition coefficient (Wildman–Crippen LogP) is 5.18. The first kappa shape index (κ1) is 25.5. The molecular weight excluding hydrogens is 535 g/mol. The van der Waals surface area contributed by atoms with Crippen LogP contribution in [0.25, 0.3) is 0 Å². The topological polar surface area (TPSA) is 84.0 Å². The number of sulfonamides is 1. The Hall–Kier alpha value is -2.62. The van der Waals surface area contributed by atoms with Gasteiger partial charge in [0, 0.05) is 16.6 Å². The number of benzene rings is 3. The van der Waals surface area contributed by atoms with E-state index in [0.717, 1.165) is 9.21 Å². The summed E-state index contributed by atoms with van der Waals surface area (Å²) >= 11 is 18.6. The van der Waals surface area contributed by atoms with Gasteiger partial charge in [-0.05, 0) is 54.1 Å². The summed E-state index contributed by atoms with van der Waals surface area (Å²) in [4.78, 5) is 27.1. The van der Waals surface area contributed by atoms with Crippen LogP contribution in [0.3, 0.4) is 0 Å². The molecule has 1 aliphatic rings. The van der Waals surface area contributed by atoms with Crippen LogP contribution in [0.1, 0.15) is 12.0 Å². The molecule has 7 nitrogen and oxygen atoms in total. The molecule has 11 heteroatoms. The first-order valence-electron chi connectivity index (χ1n) is 10.3. The van der Waals surface area contributed by atoms with Crippen LogP contribution in [0, 0.1) is 0 Å². The highest BCUT2D eigenvalue weighted by Crippen LogP contribution is 2.35. The molecule has 3 aromatic carbocycles. The van der Waals surface area contributed by atoms with Crippen molar-refractivity contribution in [2.45, 2.75) is 23.9 Å². The first-order chi connectivity index (χ1) is 16.6. The van der Waals surface area contributed by atoms with Gasteiger partial charge in [0.15, 0.2) is 0 Å². The molecule has 3 aromatic rings. The number of nitrogens with zero attached hydrogens (tertiary/aromatic N) is 2. The lowest BCUT2D eigenvalue weighted by atomic mass is 10.2. The van der Waals surface area contributed by atoms with Crippen LogP contribution in [0.5, 0.6) is 5.75 Å². The SMILES string of the molecule is COc1ccc(N2C(=O)CC(N(Cc3ccccc3Cl)S(=O)(=O)c3cc(Cl)ccc3Cl)C2=O)cc1. The molecule has 0 bridgehead atoms. The van der Waals surface area contributed by atoms with E-state index in [-0.39, 0.29) is 27.9 Å². The van der Waals surface area contributed by atoms with Crippen LogP contribution in [0.2, 0.25) is 15.1 Å². The van der Waals surface area contributed by atoms with Crippen LogP contribution in [0.15, 0.2) is 71.6 Å². The zero-order valence-electron chi connectivity index (χ0n) is 18.3. The second-order valence-electron chi connectivity index (χ2n) is 7.70. The van der Waals surface area contributed by atoms with Gasteiger partial charge in [-0.1, -0.05) is 53.0 Å². The third-order valence-electron chi connectivity index (χ3n) is 5.56. The minimum absolute atomic E-state index is 0.0673. The Bertz CT molecular complexity index is 1400. The van der Waals surface area contributed by atoms with Crippen molar-refractivity contribution in [3.8, 4) is 5.75 Å². The van der Waals surface area contributed by atoms with Crippen LogP contribution in [-0.2, 0) is 26.2 Å². The lowest BCUT2D eigenvalue weighted by Crippen LogP contribution is -2.45. The zero-order chi connectivity index (χ0) is 25.3. The van der Waals surface area contributed by atoms with Gasteiger partial charge in [-0.3, -0.25) is 9.59 Å². The smallest absolute Gasteiger partial charge is 0.252 e. The number of hydrogen-bond acceptors (Lipinski definition) is 5. The molecule has 35 heavy (non-hydrogen) atoms. The Kier molecular flexibility index (Phi) is 7.40. The van der Waals surface area contributed by atoms with Gasteiger partial charge in [0.25, 0.3) is 5.91 Å². The molecule has 4 rings (SSSR count). The fourth-order valence-electron chi connectivity index (χ4n) is 3.80. The number of methoxy groups -OCH3 is 1. The molecule has 0 spiro atoms. The molecule has 1 aliphatic heterocycles. The minimum Gasteiger partial charge on any atom is -0.497 e. The largest absolute Gasteiger partial charge is 0.497 e. The summed E-state index contributed by atoms with van der Waals surface area (Å²) in [5.74, 6) is -0.682. The number of imide groups is 1. The molecule has 0 saturated carbocycles. The zero-order valence-corrected chi connectivity index (χ0v) is 21.4. The van der Waals surface area contributed by atoms with Crippen LogP contribution in [-0.4, -0.2) is 37.7 Å². The van der Waals surface area contributed by atoms with Crippen LogP contribution >= 0.6 is 34.8 Å². The van der Waals surface area contributed by atoms with Gasteiger partial charge in [0.2, 0.25) is 15.9 Å². The number of carbonyl (C=O) groups excluding carboxylic acids is 2. The summed E-state index contributed by atoms with van der Waals surface area (Å²) < 4.78 is 33.7. The molecule has 0 radical (unpaired) electrons. The molecule has 1 saturated heterocycles. The lowest BCUT2D eigenvalue weighted by Gasteiger charge is -2.27. The minimum atomic E-state index is -4.39. The summed E-state index contributed by atoms with van der Waals surface area (Å²) in [5.41, 5.74) is 0.762. The highest BCUT2D eigenvalue weighted by atomic mass is 35.5. The van der Waals surface area contributed by atoms with Crippen molar-refractivity contribution < 1.29 is 22.7 Å². The van der Waals surface area contributed by atoms with E-state index >= 15 is 0 Å². The second kappa shape index (κ2) is 10.2. The van der Waals surface area contributed by atoms with Gasteiger partial charge in [-0.2, -0.15) is 4.31 Å². The quantitative estimate of drug-likeness (QED) is 0.377. The van der Waals surface area contributed by atoms with E-state index in [2.05, 4.69) is 0 Å². The lowest BCUT2D eigenvalue weighted by molar-refractivity contribution is -0.122. The number of anilines is 1. The number of rotatable bonds is 7. The fourth-order valence-corrected chi connectivity index (χ4v) is 6.30. The number of ether oxygens (including phenoxy) is 1. The summed E-state index contributed by atoms with van der Waals surface area (Å²) in [6, 6.07) is 15.7. The summed E-state index contributed by atoms with van der Waals surface area (Å²) in [7, 11) is -2.89. The predicted molar refractivity (Wildman–Crippen MR) is 135 cm³/mol. The standard InChI is InChI=1S/C24H19Cl3N2O5S/c1-34-18-9-7-17(8-10-18)29-23(30)13-21(24(29)31)28(14-15-4-2-3-5-19(15)26)35(32,33)22-12-16(25)6-11-20(22)27/h2-12,21H,13-14H2,1H3. The van der Waals surface area contributed by atoms with Crippen molar-refractivity contribution in [1.29, 1.82) is 0 Å². The molecule has 1 fully saturated rings. The Balaban J connectivity index is 1.79. The summed E-state index contributed by atoms with van der Waals surface area (Å²) in [6.07, 6.45) is -0.354. The molecular formula is C24H19Cl3N2O5S. The maximum atomic E-state index is 13.8. The first-order valence-corrected chi connectivity index (χ1v) is 12.9. The van der Waals surface area contributed by atoms with E-state index in [9.17, 15) is 18.0 Å². The Labute approximate surface area is 217 Å². The van der Waals surface area contributed by atoms with Crippen molar-refractivity contribution >= 4 is 62.3 Å². The van der Waals surface area contributed by atoms with Crippen LogP contribution in [0.4, 0.5) is 5.69 Å². The Morgan fingerprint density at radius 2 is 1.66 bits per heavy atom. The highest BCUT2D eigenvalue weighted by molar-refractivity contribution is 7.89. The monoisotopic (exact) mass is 552 g/mol. The van der Waals surface area contributed by atoms with Crippen LogP contribution < -0.4 is 9.64 Å². The summed E-state index contributed by atoms with van der Waals surface area (Å²) in [5, 5.41) is 0.398. The molecule has 182 valence electrons. The van der Waals surface area contributed by atoms with E-state index in [1.165, 1.54) is 25.3 Å². The van der Waals surface area contributed by atoms with Gasteiger partial charge in [0.05, 0.1) is 24.2 Å². The Morgan fingerprint density at radius 3 is 2.31 bits per heavy atom. The molecule has 0 N–H and O–H groups in total. The maximum absolute atomic E-state index is 13.8. The number of hydrogen-bond donors (Lipinski definition) is 0. The number of carbonyl (C=O) groups is 2. The van der Waals surface area contributed by atoms with Crippen molar-refractivity contribution in [1.82, 2.24) is 4.31 Å². The highest BCUT2D eigenvalue weighted by Gasteiger charge is 2.47. The van der Waals surface area contributed by atoms with E-state index in [4.69, 9.17) is 39.5 Å². The van der Waals surface area contributed by atoms with E-state index in [1.54, 1.807) is 48.5 Å². The third kappa shape index (κ3) is 5.03. The summed E-state index contributed by atoms with van der Waals surface area (Å²) in [6.45, 7) is -0.259. The second-order valence-corrected chi connectivity index (χ2v) is 10.8. The molecule has 0 aliphatic carbocycles. The molecule has 1 unspecified atom stereocenters. The van der Waals surface area contributed by atoms with E-state index in [1.807, 2.05) is 0 Å². The van der Waals surface area contributed by atoms with E-state index in [0.29, 0.717) is 22.0 Å². The van der Waals surface area contributed by atoms with Crippen molar-refractivity contribution in [3.63, 3.8) is 0 Å². The average molecular weight is 554 g/mol. The number of amides is 2. The maximum Gasteiger partial charge on any atom is 0.252 e. The van der Waals surface area contributed by atoms with Gasteiger partial charge >= 0.3 is 0 Å². The number of halogens is 3. The normalized spacial score (nSPS) is 16.3. The van der Waals surface area contributed by atoms with Gasteiger partial charge in [0.1, 0.15) is 16.7 Å². The third-order valence-corrected chi connectivity index (χ3v) is 8.51. The molecule has 0 aromatic heterocycles.